The number of rotatable bonds is 6. The van der Waals surface area contributed by atoms with Gasteiger partial charge in [-0.1, -0.05) is 63.1 Å². The van der Waals surface area contributed by atoms with E-state index in [1.807, 2.05) is 49.1 Å². The Balaban J connectivity index is 1.50. The zero-order valence-corrected chi connectivity index (χ0v) is 32.3. The molecule has 1 aliphatic carbocycles. The molecule has 1 aromatic heterocycles. The van der Waals surface area contributed by atoms with E-state index in [2.05, 4.69) is 40.2 Å². The average Bonchev–Trinajstić information content (AvgIpc) is 3.80. The first-order chi connectivity index (χ1) is 25.7. The lowest BCUT2D eigenvalue weighted by Gasteiger charge is -2.63. The first-order valence-electron chi connectivity index (χ1n) is 19.6. The second-order valence-electron chi connectivity index (χ2n) is 16.8. The molecule has 1 saturated carbocycles. The molecular formula is C43H57N5O6. The molecule has 290 valence electrons. The number of β-amino-alcohol motifs (C(OH)–C–C–N with tert-alkyl or cyclic N) is 1. The number of fused-ring (bicyclic) bond motifs is 3. The van der Waals surface area contributed by atoms with Gasteiger partial charge < -0.3 is 41.0 Å². The van der Waals surface area contributed by atoms with Crippen molar-refractivity contribution in [2.75, 3.05) is 40.3 Å². The third-order valence-corrected chi connectivity index (χ3v) is 14.2. The maximum Gasteiger partial charge on any atom is 0.318 e. The summed E-state index contributed by atoms with van der Waals surface area (Å²) in [5, 5.41) is 41.1. The van der Waals surface area contributed by atoms with Crippen LogP contribution in [0.4, 0.5) is 0 Å². The number of esters is 1. The number of ether oxygens (including phenoxy) is 1. The molecule has 11 nitrogen and oxygen atoms in total. The summed E-state index contributed by atoms with van der Waals surface area (Å²) in [6.07, 6.45) is 15.6. The Kier molecular flexibility index (Phi) is 9.72. The Hall–Kier alpha value is -3.92. The van der Waals surface area contributed by atoms with Crippen LogP contribution in [0.25, 0.3) is 10.9 Å². The largest absolute Gasteiger partial charge is 0.468 e. The lowest BCUT2D eigenvalue weighted by Crippen LogP contribution is -2.79. The van der Waals surface area contributed by atoms with Crippen LogP contribution in [-0.2, 0) is 26.2 Å². The number of hydrogen-bond acceptors (Lipinski definition) is 9. The second-order valence-corrected chi connectivity index (χ2v) is 16.8. The molecule has 5 heterocycles. The number of aromatic amines is 1. The molecule has 5 aliphatic rings. The number of nitrogens with two attached hydrogens (primary N) is 1. The first kappa shape index (κ1) is 38.4. The number of allylic oxidation sites excluding steroid dienone is 3. The zero-order valence-electron chi connectivity index (χ0n) is 32.3. The van der Waals surface area contributed by atoms with Crippen LogP contribution in [0.3, 0.4) is 0 Å². The van der Waals surface area contributed by atoms with Gasteiger partial charge in [-0.25, -0.2) is 0 Å². The Morgan fingerprint density at radius 2 is 1.93 bits per heavy atom. The fraction of sp³-hybridized carbons (Fsp3) is 0.581. The maximum atomic E-state index is 14.8. The average molecular weight is 740 g/mol. The molecule has 11 heteroatoms. The van der Waals surface area contributed by atoms with Crippen molar-refractivity contribution >= 4 is 22.8 Å². The van der Waals surface area contributed by atoms with Gasteiger partial charge in [0.05, 0.1) is 18.8 Å². The van der Waals surface area contributed by atoms with Gasteiger partial charge in [-0.3, -0.25) is 14.5 Å². The standard InChI is InChI=1S/C43H57N5O6/c1-7-13-32-30(42-20-23-48-22-12-18-40(9-3,34(42)48)36(49)43(53,37(44)50)35(42)47(32)5)16-19-41(38(51)54-6)25-27(4)24-39(52,8-2)26-45-21-17-29-28-14-10-11-15-31(28)46-33(29)41/h1,10-16,18,27,34-36,45-46,49,52-53H,8-9,17,19-26H2,2-6H3,(H2,44,50)/b30-16+,32-13?/t27-,34?,35?,36-,39?,40-,41-,42-,43+/m1/s1. The maximum absolute atomic E-state index is 14.8. The van der Waals surface area contributed by atoms with Crippen LogP contribution in [0.5, 0.6) is 0 Å². The van der Waals surface area contributed by atoms with Gasteiger partial charge >= 0.3 is 5.97 Å². The van der Waals surface area contributed by atoms with Gasteiger partial charge in [-0.15, -0.1) is 6.42 Å². The number of hydrogen-bond donors (Lipinski definition) is 6. The Morgan fingerprint density at radius 1 is 1.17 bits per heavy atom. The summed E-state index contributed by atoms with van der Waals surface area (Å²) in [5.41, 5.74) is 3.94. The highest BCUT2D eigenvalue weighted by molar-refractivity contribution is 5.91. The number of methoxy groups -OCH3 is 1. The molecule has 2 aromatic rings. The third kappa shape index (κ3) is 5.21. The number of terminal acetylenes is 1. The van der Waals surface area contributed by atoms with Gasteiger partial charge in [-0.2, -0.15) is 0 Å². The molecule has 3 unspecified atom stereocenters. The number of nitrogens with one attached hydrogen (secondary N) is 2. The van der Waals surface area contributed by atoms with Crippen molar-refractivity contribution in [1.82, 2.24) is 20.1 Å². The molecule has 7 N–H and O–H groups in total. The fourth-order valence-electron chi connectivity index (χ4n) is 12.0. The highest BCUT2D eigenvalue weighted by atomic mass is 16.5. The molecule has 7 rings (SSSR count). The number of nitrogens with zero attached hydrogens (tertiary/aromatic N) is 2. The molecule has 0 radical (unpaired) electrons. The van der Waals surface area contributed by atoms with Crippen LogP contribution in [0.1, 0.15) is 70.6 Å². The monoisotopic (exact) mass is 739 g/mol. The number of amides is 1. The quantitative estimate of drug-likeness (QED) is 0.149. The third-order valence-electron chi connectivity index (χ3n) is 14.2. The number of carbonyl (C=O) groups is 2. The van der Waals surface area contributed by atoms with Crippen molar-refractivity contribution in [3.05, 3.63) is 71.1 Å². The summed E-state index contributed by atoms with van der Waals surface area (Å²) in [4.78, 5) is 36.3. The van der Waals surface area contributed by atoms with E-state index in [4.69, 9.17) is 16.9 Å². The molecule has 54 heavy (non-hydrogen) atoms. The summed E-state index contributed by atoms with van der Waals surface area (Å²) in [6, 6.07) is 6.85. The minimum atomic E-state index is -2.33. The number of carbonyl (C=O) groups excluding carboxylic acids is 2. The van der Waals surface area contributed by atoms with E-state index in [-0.39, 0.29) is 18.4 Å². The van der Waals surface area contributed by atoms with Crippen LogP contribution in [0.2, 0.25) is 0 Å². The van der Waals surface area contributed by atoms with Crippen molar-refractivity contribution in [3.8, 4) is 12.3 Å². The number of aromatic nitrogens is 1. The van der Waals surface area contributed by atoms with Gasteiger partial charge in [0.2, 0.25) is 0 Å². The van der Waals surface area contributed by atoms with Gasteiger partial charge in [-0.05, 0) is 81.2 Å². The van der Waals surface area contributed by atoms with E-state index in [1.54, 1.807) is 13.1 Å². The van der Waals surface area contributed by atoms with Gasteiger partial charge in [0, 0.05) is 65.4 Å². The molecule has 1 amide bonds. The highest BCUT2D eigenvalue weighted by Crippen LogP contribution is 2.68. The smallest absolute Gasteiger partial charge is 0.318 e. The number of aliphatic hydroxyl groups is 3. The molecule has 1 aromatic carbocycles. The van der Waals surface area contributed by atoms with Crippen LogP contribution in [0.15, 0.2) is 59.8 Å². The molecular weight excluding hydrogens is 683 g/mol. The predicted octanol–water partition coefficient (Wildman–Crippen LogP) is 3.05. The molecule has 9 atom stereocenters. The fourth-order valence-corrected chi connectivity index (χ4v) is 12.0. The van der Waals surface area contributed by atoms with Crippen molar-refractivity contribution in [2.24, 2.45) is 22.5 Å². The molecule has 4 aliphatic heterocycles. The zero-order chi connectivity index (χ0) is 38.8. The summed E-state index contributed by atoms with van der Waals surface area (Å²) >= 11 is 0. The van der Waals surface area contributed by atoms with Crippen LogP contribution >= 0.6 is 0 Å². The topological polar surface area (TPSA) is 164 Å². The van der Waals surface area contributed by atoms with E-state index in [9.17, 15) is 24.9 Å². The predicted molar refractivity (Wildman–Crippen MR) is 208 cm³/mol. The second kappa shape index (κ2) is 13.7. The normalized spacial score (nSPS) is 39.5. The number of likely N-dealkylation sites (N-methyl/N-ethyl adjacent to an activating group) is 1. The number of aliphatic hydroxyl groups excluding tert-OH is 1. The van der Waals surface area contributed by atoms with Crippen molar-refractivity contribution < 1.29 is 29.6 Å². The van der Waals surface area contributed by atoms with Crippen LogP contribution in [0, 0.1) is 29.1 Å². The Labute approximate surface area is 318 Å². The van der Waals surface area contributed by atoms with E-state index < -0.39 is 51.5 Å². The number of benzene rings is 1. The number of H-pyrrole nitrogens is 1. The van der Waals surface area contributed by atoms with Gasteiger partial charge in [0.15, 0.2) is 5.60 Å². The highest BCUT2D eigenvalue weighted by Gasteiger charge is 2.79. The van der Waals surface area contributed by atoms with E-state index >= 15 is 0 Å². The Bertz CT molecular complexity index is 1960. The lowest BCUT2D eigenvalue weighted by molar-refractivity contribution is -0.220. The summed E-state index contributed by atoms with van der Waals surface area (Å²) in [6.45, 7) is 8.42. The minimum absolute atomic E-state index is 0.104. The molecule has 1 spiro atoms. The SMILES string of the molecule is C#CC=C1/C(=C\C[C@@]2(C(=O)OC)C[C@H](C)CC(O)(CC)CNCCc3c2[nH]c2ccccc32)[C@]23CCN4CC=C[C@](CC)(C42)[C@@H](O)[C@](O)(C(N)=O)C3N1C. The number of primary amides is 1. The van der Waals surface area contributed by atoms with Gasteiger partial charge in [0.1, 0.15) is 11.5 Å². The number of para-hydroxylation sites is 1. The van der Waals surface area contributed by atoms with E-state index in [1.165, 1.54) is 7.11 Å². The van der Waals surface area contributed by atoms with Crippen molar-refractivity contribution in [2.45, 2.75) is 101 Å². The summed E-state index contributed by atoms with van der Waals surface area (Å²) in [5.74, 6) is 1.23. The van der Waals surface area contributed by atoms with E-state index in [0.29, 0.717) is 70.4 Å². The van der Waals surface area contributed by atoms with Crippen LogP contribution in [-0.4, -0.2) is 112 Å². The number of likely N-dealkylation sites (tertiary alicyclic amines) is 1. The summed E-state index contributed by atoms with van der Waals surface area (Å²) in [7, 11) is 3.23. The van der Waals surface area contributed by atoms with E-state index in [0.717, 1.165) is 27.7 Å². The van der Waals surface area contributed by atoms with Crippen molar-refractivity contribution in [1.29, 1.82) is 0 Å². The molecule has 2 saturated heterocycles. The van der Waals surface area contributed by atoms with Crippen molar-refractivity contribution in [3.63, 3.8) is 0 Å². The van der Waals surface area contributed by atoms with Gasteiger partial charge in [0.25, 0.3) is 5.91 Å². The Morgan fingerprint density at radius 3 is 2.61 bits per heavy atom. The molecule has 3 fully saturated rings. The molecule has 0 bridgehead atoms. The first-order valence-corrected chi connectivity index (χ1v) is 19.6. The summed E-state index contributed by atoms with van der Waals surface area (Å²) < 4.78 is 5.77. The minimum Gasteiger partial charge on any atom is -0.468 e. The van der Waals surface area contributed by atoms with Crippen LogP contribution < -0.4 is 11.1 Å². The lowest BCUT2D eigenvalue weighted by atomic mass is 9.47.